The van der Waals surface area contributed by atoms with Gasteiger partial charge in [0.2, 0.25) is 5.95 Å². The van der Waals surface area contributed by atoms with Crippen LogP contribution in [0.1, 0.15) is 41.0 Å². The number of rotatable bonds is 5. The number of carbonyl (C=O) groups excluding carboxylic acids is 1. The number of nitrogens with zero attached hydrogens (tertiary/aromatic N) is 4. The van der Waals surface area contributed by atoms with Crippen molar-refractivity contribution in [2.75, 3.05) is 18.4 Å². The molecule has 8 heteroatoms. The summed E-state index contributed by atoms with van der Waals surface area (Å²) in [6.45, 7) is 7.25. The molecule has 1 unspecified atom stereocenters. The van der Waals surface area contributed by atoms with E-state index in [4.69, 9.17) is 0 Å². The van der Waals surface area contributed by atoms with Gasteiger partial charge >= 0.3 is 0 Å². The molecule has 4 rings (SSSR count). The molecule has 31 heavy (non-hydrogen) atoms. The Morgan fingerprint density at radius 2 is 2.00 bits per heavy atom. The molecule has 0 aliphatic carbocycles. The van der Waals surface area contributed by atoms with Gasteiger partial charge in [0, 0.05) is 25.0 Å². The minimum Gasteiger partial charge on any atom is -0.352 e. The largest absolute Gasteiger partial charge is 0.352 e. The highest BCUT2D eigenvalue weighted by Gasteiger charge is 2.34. The number of hydrogen-bond acceptors (Lipinski definition) is 6. The molecular weight excluding hydrogens is 413 g/mol. The average Bonchev–Trinajstić information content (AvgIpc) is 3.14. The second-order valence-electron chi connectivity index (χ2n) is 8.01. The first kappa shape index (κ1) is 21.4. The summed E-state index contributed by atoms with van der Waals surface area (Å²) in [6, 6.07) is 8.09. The van der Waals surface area contributed by atoms with E-state index >= 15 is 0 Å². The third-order valence-electron chi connectivity index (χ3n) is 5.68. The van der Waals surface area contributed by atoms with Gasteiger partial charge in [-0.1, -0.05) is 19.1 Å². The summed E-state index contributed by atoms with van der Waals surface area (Å²) < 4.78 is 13.4. The number of hydrogen-bond donors (Lipinski definition) is 1. The zero-order chi connectivity index (χ0) is 22.0. The monoisotopic (exact) mass is 439 g/mol. The van der Waals surface area contributed by atoms with E-state index in [1.165, 1.54) is 23.5 Å². The van der Waals surface area contributed by atoms with Gasteiger partial charge in [-0.25, -0.2) is 19.3 Å². The maximum Gasteiger partial charge on any atom is 0.274 e. The lowest BCUT2D eigenvalue weighted by molar-refractivity contribution is 0.0535. The third kappa shape index (κ3) is 4.74. The Balaban J connectivity index is 1.59. The minimum absolute atomic E-state index is 0.00781. The normalized spacial score (nSPS) is 18.8. The smallest absolute Gasteiger partial charge is 0.274 e. The molecule has 6 nitrogen and oxygen atoms in total. The van der Waals surface area contributed by atoms with Crippen LogP contribution in [-0.2, 0) is 0 Å². The Hall–Kier alpha value is -2.87. The molecule has 0 bridgehead atoms. The van der Waals surface area contributed by atoms with Crippen LogP contribution < -0.4 is 5.32 Å². The van der Waals surface area contributed by atoms with Crippen molar-refractivity contribution in [1.29, 1.82) is 0 Å². The molecule has 3 aromatic rings. The number of halogens is 1. The summed E-state index contributed by atoms with van der Waals surface area (Å²) in [5.41, 5.74) is 2.15. The third-order valence-corrected chi connectivity index (χ3v) is 6.70. The number of benzene rings is 1. The van der Waals surface area contributed by atoms with E-state index in [1.54, 1.807) is 18.3 Å². The molecule has 1 aromatic carbocycles. The van der Waals surface area contributed by atoms with Crippen LogP contribution in [0.3, 0.4) is 0 Å². The summed E-state index contributed by atoms with van der Waals surface area (Å²) in [4.78, 5) is 29.6. The molecule has 162 valence electrons. The van der Waals surface area contributed by atoms with Crippen molar-refractivity contribution in [3.63, 3.8) is 0 Å². The molecule has 0 saturated carbocycles. The molecule has 1 aliphatic heterocycles. The Morgan fingerprint density at radius 3 is 2.74 bits per heavy atom. The highest BCUT2D eigenvalue weighted by atomic mass is 32.1. The first-order valence-electron chi connectivity index (χ1n) is 10.5. The number of likely N-dealkylation sites (tertiary alicyclic amines) is 1. The van der Waals surface area contributed by atoms with E-state index in [2.05, 4.69) is 27.2 Å². The predicted molar refractivity (Wildman–Crippen MR) is 121 cm³/mol. The molecule has 1 N–H and O–H groups in total. The van der Waals surface area contributed by atoms with Crippen molar-refractivity contribution in [1.82, 2.24) is 19.9 Å². The second kappa shape index (κ2) is 9.09. The van der Waals surface area contributed by atoms with Crippen molar-refractivity contribution in [3.8, 4) is 10.4 Å². The van der Waals surface area contributed by atoms with Crippen molar-refractivity contribution in [2.45, 2.75) is 39.7 Å². The van der Waals surface area contributed by atoms with Gasteiger partial charge in [0.25, 0.3) is 5.91 Å². The number of aryl methyl sites for hydroxylation is 2. The summed E-state index contributed by atoms with van der Waals surface area (Å²) in [5.74, 6) is 0.533. The number of nitrogens with one attached hydrogen (secondary N) is 1. The number of aromatic nitrogens is 3. The van der Waals surface area contributed by atoms with Gasteiger partial charge in [-0.2, -0.15) is 0 Å². The standard InChI is InChI=1S/C23H26FN5OS/c1-14-5-4-12-29(19(14)13-26-23-25-11-10-15(2)27-23)22(30)20-21(31-16(3)28-20)17-6-8-18(24)9-7-17/h6-11,14,19H,4-5,12-13H2,1-3H3,(H,25,26,27)/t14?,19-/m1/s1. The van der Waals surface area contributed by atoms with Crippen LogP contribution in [0.25, 0.3) is 10.4 Å². The SMILES string of the molecule is Cc1ccnc(NC[C@@H]2C(C)CCCN2C(=O)c2nc(C)sc2-c2ccc(F)cc2)n1. The van der Waals surface area contributed by atoms with Crippen LogP contribution in [0.4, 0.5) is 10.3 Å². The number of anilines is 1. The number of carbonyl (C=O) groups is 1. The van der Waals surface area contributed by atoms with E-state index in [0.29, 0.717) is 30.6 Å². The Kier molecular flexibility index (Phi) is 6.27. The molecule has 0 radical (unpaired) electrons. The Bertz CT molecular complexity index is 1070. The first-order chi connectivity index (χ1) is 14.9. The van der Waals surface area contributed by atoms with Crippen molar-refractivity contribution >= 4 is 23.2 Å². The Labute approximate surface area is 185 Å². The van der Waals surface area contributed by atoms with Gasteiger partial charge in [-0.3, -0.25) is 4.79 Å². The van der Waals surface area contributed by atoms with Gasteiger partial charge in [0.05, 0.1) is 15.9 Å². The van der Waals surface area contributed by atoms with Gasteiger partial charge < -0.3 is 10.2 Å². The zero-order valence-electron chi connectivity index (χ0n) is 17.9. The van der Waals surface area contributed by atoms with Crippen molar-refractivity contribution in [2.24, 2.45) is 5.92 Å². The molecule has 1 aliphatic rings. The fourth-order valence-corrected chi connectivity index (χ4v) is 4.96. The number of amides is 1. The first-order valence-corrected chi connectivity index (χ1v) is 11.3. The minimum atomic E-state index is -0.299. The maximum atomic E-state index is 13.6. The summed E-state index contributed by atoms with van der Waals surface area (Å²) in [7, 11) is 0. The van der Waals surface area contributed by atoms with Gasteiger partial charge in [-0.15, -0.1) is 11.3 Å². The number of thiazole rings is 1. The molecule has 3 heterocycles. The van der Waals surface area contributed by atoms with Crippen molar-refractivity contribution in [3.05, 3.63) is 58.7 Å². The highest BCUT2D eigenvalue weighted by molar-refractivity contribution is 7.15. The molecule has 1 amide bonds. The summed E-state index contributed by atoms with van der Waals surface area (Å²) in [5, 5.41) is 4.12. The van der Waals surface area contributed by atoms with Gasteiger partial charge in [0.1, 0.15) is 11.5 Å². The topological polar surface area (TPSA) is 71.0 Å². The van der Waals surface area contributed by atoms with E-state index in [9.17, 15) is 9.18 Å². The van der Waals surface area contributed by atoms with Crippen LogP contribution in [0, 0.1) is 25.6 Å². The molecule has 2 aromatic heterocycles. The average molecular weight is 440 g/mol. The lowest BCUT2D eigenvalue weighted by Crippen LogP contribution is -2.51. The second-order valence-corrected chi connectivity index (χ2v) is 9.21. The maximum absolute atomic E-state index is 13.6. The van der Waals surface area contributed by atoms with E-state index in [-0.39, 0.29) is 17.8 Å². The Morgan fingerprint density at radius 1 is 1.23 bits per heavy atom. The van der Waals surface area contributed by atoms with Crippen LogP contribution in [0.15, 0.2) is 36.5 Å². The van der Waals surface area contributed by atoms with Crippen molar-refractivity contribution < 1.29 is 9.18 Å². The quantitative estimate of drug-likeness (QED) is 0.623. The van der Waals surface area contributed by atoms with Crippen LogP contribution >= 0.6 is 11.3 Å². The zero-order valence-corrected chi connectivity index (χ0v) is 18.7. The summed E-state index contributed by atoms with van der Waals surface area (Å²) in [6.07, 6.45) is 3.75. The molecule has 0 spiro atoms. The van der Waals surface area contributed by atoms with Crippen LogP contribution in [0.5, 0.6) is 0 Å². The molecule has 1 fully saturated rings. The lowest BCUT2D eigenvalue weighted by atomic mass is 9.90. The number of piperidine rings is 1. The van der Waals surface area contributed by atoms with Gasteiger partial charge in [0.15, 0.2) is 0 Å². The fraction of sp³-hybridized carbons (Fsp3) is 0.391. The lowest BCUT2D eigenvalue weighted by Gasteiger charge is -2.40. The van der Waals surface area contributed by atoms with Crippen LogP contribution in [-0.4, -0.2) is 44.9 Å². The van der Waals surface area contributed by atoms with Crippen LogP contribution in [0.2, 0.25) is 0 Å². The van der Waals surface area contributed by atoms with E-state index in [0.717, 1.165) is 34.0 Å². The highest BCUT2D eigenvalue weighted by Crippen LogP contribution is 2.33. The molecule has 2 atom stereocenters. The van der Waals surface area contributed by atoms with E-state index in [1.807, 2.05) is 24.8 Å². The predicted octanol–water partition coefficient (Wildman–Crippen LogP) is 4.71. The molecule has 1 saturated heterocycles. The van der Waals surface area contributed by atoms with Gasteiger partial charge in [-0.05, 0) is 56.4 Å². The van der Waals surface area contributed by atoms with E-state index < -0.39 is 0 Å². The summed E-state index contributed by atoms with van der Waals surface area (Å²) >= 11 is 1.46. The fourth-order valence-electron chi connectivity index (χ4n) is 4.05. The molecular formula is C23H26FN5OS.